The van der Waals surface area contributed by atoms with Crippen molar-refractivity contribution in [2.45, 2.75) is 38.2 Å². The van der Waals surface area contributed by atoms with Crippen LogP contribution in [0.25, 0.3) is 0 Å². The monoisotopic (exact) mass is 367 g/mol. The number of aliphatic hydroxyl groups is 1. The van der Waals surface area contributed by atoms with E-state index in [1.54, 1.807) is 0 Å². The third-order valence-corrected chi connectivity index (χ3v) is 5.43. The van der Waals surface area contributed by atoms with Crippen molar-refractivity contribution < 1.29 is 5.11 Å². The van der Waals surface area contributed by atoms with E-state index in [9.17, 15) is 5.11 Å². The van der Waals surface area contributed by atoms with Gasteiger partial charge in [0.05, 0.1) is 6.10 Å². The van der Waals surface area contributed by atoms with Gasteiger partial charge in [-0.25, -0.2) is 0 Å². The van der Waals surface area contributed by atoms with Gasteiger partial charge in [-0.05, 0) is 37.7 Å². The molecule has 1 atom stereocenters. The number of nitrogens with zero attached hydrogens (tertiary/aromatic N) is 4. The van der Waals surface area contributed by atoms with Gasteiger partial charge >= 0.3 is 0 Å². The van der Waals surface area contributed by atoms with Crippen molar-refractivity contribution >= 4 is 17.6 Å². The molecular formula is C21H29N5O. The minimum absolute atomic E-state index is 0.461. The Morgan fingerprint density at radius 1 is 0.926 bits per heavy atom. The van der Waals surface area contributed by atoms with Crippen LogP contribution in [0.5, 0.6) is 0 Å². The highest BCUT2D eigenvalue weighted by Crippen LogP contribution is 2.26. The molecule has 1 unspecified atom stereocenters. The fourth-order valence-electron chi connectivity index (χ4n) is 3.86. The summed E-state index contributed by atoms with van der Waals surface area (Å²) in [4.78, 5) is 14.2. The van der Waals surface area contributed by atoms with Crippen LogP contribution in [0.1, 0.15) is 43.8 Å². The predicted molar refractivity (Wildman–Crippen MR) is 109 cm³/mol. The Hall–Kier alpha value is -2.34. The molecule has 4 rings (SSSR count). The number of nitrogens with one attached hydrogen (secondary N) is 1. The summed E-state index contributed by atoms with van der Waals surface area (Å²) in [7, 11) is 0. The summed E-state index contributed by atoms with van der Waals surface area (Å²) in [6, 6.07) is 11.9. The van der Waals surface area contributed by atoms with Crippen molar-refractivity contribution in [3.63, 3.8) is 0 Å². The van der Waals surface area contributed by atoms with Crippen molar-refractivity contribution in [2.75, 3.05) is 47.8 Å². The van der Waals surface area contributed by atoms with E-state index in [4.69, 9.17) is 9.97 Å². The first kappa shape index (κ1) is 18.0. The number of rotatable bonds is 7. The lowest BCUT2D eigenvalue weighted by atomic mass is 10.1. The summed E-state index contributed by atoms with van der Waals surface area (Å²) in [6.45, 7) is 4.89. The molecule has 3 heterocycles. The summed E-state index contributed by atoms with van der Waals surface area (Å²) in [5.74, 6) is 2.72. The molecule has 1 aromatic carbocycles. The van der Waals surface area contributed by atoms with Crippen LogP contribution in [0, 0.1) is 0 Å². The largest absolute Gasteiger partial charge is 0.388 e. The van der Waals surface area contributed by atoms with Crippen LogP contribution in [0.2, 0.25) is 0 Å². The van der Waals surface area contributed by atoms with E-state index in [-0.39, 0.29) is 0 Å². The zero-order valence-electron chi connectivity index (χ0n) is 15.8. The molecule has 6 nitrogen and oxygen atoms in total. The van der Waals surface area contributed by atoms with E-state index in [0.717, 1.165) is 49.3 Å². The Balaban J connectivity index is 1.44. The standard InChI is InChI=1S/C21H29N5O/c27-18(17-8-2-1-3-9-17)10-11-22-19-16-20(25-12-4-5-13-25)24-21(23-19)26-14-6-7-15-26/h1-3,8-9,16,18,27H,4-7,10-15H2,(H,22,23,24). The van der Waals surface area contributed by atoms with E-state index in [1.165, 1.54) is 25.7 Å². The highest BCUT2D eigenvalue weighted by molar-refractivity contribution is 5.55. The number of benzene rings is 1. The molecule has 0 aliphatic carbocycles. The molecule has 0 bridgehead atoms. The van der Waals surface area contributed by atoms with Crippen molar-refractivity contribution in [3.05, 3.63) is 42.0 Å². The van der Waals surface area contributed by atoms with Crippen LogP contribution in [0.4, 0.5) is 17.6 Å². The lowest BCUT2D eigenvalue weighted by molar-refractivity contribution is 0.171. The lowest BCUT2D eigenvalue weighted by Crippen LogP contribution is -2.25. The lowest BCUT2D eigenvalue weighted by Gasteiger charge is -2.22. The molecule has 0 amide bonds. The maximum Gasteiger partial charge on any atom is 0.229 e. The summed E-state index contributed by atoms with van der Waals surface area (Å²) >= 11 is 0. The zero-order chi connectivity index (χ0) is 18.5. The van der Waals surface area contributed by atoms with Gasteiger partial charge in [-0.1, -0.05) is 30.3 Å². The molecule has 0 radical (unpaired) electrons. The molecular weight excluding hydrogens is 338 g/mol. The van der Waals surface area contributed by atoms with Crippen molar-refractivity contribution in [1.29, 1.82) is 0 Å². The van der Waals surface area contributed by atoms with Crippen LogP contribution in [0.3, 0.4) is 0 Å². The smallest absolute Gasteiger partial charge is 0.229 e. The second-order valence-electron chi connectivity index (χ2n) is 7.44. The van der Waals surface area contributed by atoms with E-state index in [2.05, 4.69) is 21.2 Å². The average molecular weight is 367 g/mol. The number of aromatic nitrogens is 2. The second-order valence-corrected chi connectivity index (χ2v) is 7.44. The van der Waals surface area contributed by atoms with Gasteiger partial charge in [0.2, 0.25) is 5.95 Å². The topological polar surface area (TPSA) is 64.5 Å². The van der Waals surface area contributed by atoms with Crippen molar-refractivity contribution in [2.24, 2.45) is 0 Å². The Kier molecular flexibility index (Phi) is 5.72. The van der Waals surface area contributed by atoms with E-state index >= 15 is 0 Å². The Bertz CT molecular complexity index is 692. The van der Waals surface area contributed by atoms with Crippen molar-refractivity contribution in [3.8, 4) is 0 Å². The quantitative estimate of drug-likeness (QED) is 0.783. The fourth-order valence-corrected chi connectivity index (χ4v) is 3.86. The number of hydrogen-bond donors (Lipinski definition) is 2. The highest BCUT2D eigenvalue weighted by atomic mass is 16.3. The first-order valence-electron chi connectivity index (χ1n) is 10.2. The Morgan fingerprint density at radius 2 is 1.59 bits per heavy atom. The molecule has 2 aliphatic heterocycles. The van der Waals surface area contributed by atoms with Gasteiger partial charge in [-0.2, -0.15) is 9.97 Å². The summed E-state index contributed by atoms with van der Waals surface area (Å²) < 4.78 is 0. The minimum atomic E-state index is -0.461. The molecule has 2 aromatic rings. The van der Waals surface area contributed by atoms with Gasteiger partial charge in [0.1, 0.15) is 11.6 Å². The van der Waals surface area contributed by atoms with Crippen LogP contribution in [-0.4, -0.2) is 47.8 Å². The van der Waals surface area contributed by atoms with Gasteiger partial charge in [-0.3, -0.25) is 0 Å². The molecule has 2 saturated heterocycles. The van der Waals surface area contributed by atoms with Crippen LogP contribution in [0.15, 0.2) is 36.4 Å². The number of aliphatic hydroxyl groups excluding tert-OH is 1. The summed E-state index contributed by atoms with van der Waals surface area (Å²) in [6.07, 6.45) is 5.07. The molecule has 0 spiro atoms. The second kappa shape index (κ2) is 8.57. The van der Waals surface area contributed by atoms with E-state index in [1.807, 2.05) is 30.3 Å². The third kappa shape index (κ3) is 4.50. The maximum absolute atomic E-state index is 10.4. The van der Waals surface area contributed by atoms with Gasteiger partial charge in [0.15, 0.2) is 0 Å². The van der Waals surface area contributed by atoms with Crippen LogP contribution < -0.4 is 15.1 Å². The fraction of sp³-hybridized carbons (Fsp3) is 0.524. The van der Waals surface area contributed by atoms with Gasteiger partial charge in [-0.15, -0.1) is 0 Å². The average Bonchev–Trinajstić information content (AvgIpc) is 3.42. The maximum atomic E-state index is 10.4. The molecule has 0 saturated carbocycles. The molecule has 2 fully saturated rings. The zero-order valence-corrected chi connectivity index (χ0v) is 15.8. The molecule has 144 valence electrons. The summed E-state index contributed by atoms with van der Waals surface area (Å²) in [5.41, 5.74) is 0.956. The predicted octanol–water partition coefficient (Wildman–Crippen LogP) is 3.21. The molecule has 2 N–H and O–H groups in total. The van der Waals surface area contributed by atoms with E-state index in [0.29, 0.717) is 13.0 Å². The first-order valence-corrected chi connectivity index (χ1v) is 10.2. The Labute approximate surface area is 161 Å². The normalized spacial score (nSPS) is 18.1. The SMILES string of the molecule is OC(CCNc1cc(N2CCCC2)nc(N2CCCC2)n1)c1ccccc1. The van der Waals surface area contributed by atoms with E-state index < -0.39 is 6.10 Å². The minimum Gasteiger partial charge on any atom is -0.388 e. The first-order chi connectivity index (χ1) is 13.3. The van der Waals surface area contributed by atoms with Gasteiger partial charge in [0.25, 0.3) is 0 Å². The van der Waals surface area contributed by atoms with Gasteiger partial charge < -0.3 is 20.2 Å². The van der Waals surface area contributed by atoms with Crippen molar-refractivity contribution in [1.82, 2.24) is 9.97 Å². The molecule has 2 aliphatic rings. The molecule has 27 heavy (non-hydrogen) atoms. The molecule has 1 aromatic heterocycles. The highest BCUT2D eigenvalue weighted by Gasteiger charge is 2.20. The molecule has 6 heteroatoms. The summed E-state index contributed by atoms with van der Waals surface area (Å²) in [5, 5.41) is 13.8. The Morgan fingerprint density at radius 3 is 2.30 bits per heavy atom. The third-order valence-electron chi connectivity index (χ3n) is 5.43. The van der Waals surface area contributed by atoms with Crippen LogP contribution >= 0.6 is 0 Å². The number of anilines is 3. The van der Waals surface area contributed by atoms with Crippen LogP contribution in [-0.2, 0) is 0 Å². The number of hydrogen-bond acceptors (Lipinski definition) is 6. The van der Waals surface area contributed by atoms with Gasteiger partial charge in [0, 0.05) is 38.8 Å².